The standard InChI is InChI=1S/C18H32N6O2/c1-2-19-18(23-16-4-5-17-21-14-22-24(17)12-16)20-8-3-9-26-13-15-6-10-25-11-7-15/h14-16H,2-13H2,1H3,(H2,19,20,23). The van der Waals surface area contributed by atoms with Crippen LogP contribution < -0.4 is 10.6 Å². The highest BCUT2D eigenvalue weighted by Crippen LogP contribution is 2.14. The second kappa shape index (κ2) is 10.5. The average Bonchev–Trinajstić information content (AvgIpc) is 3.13. The van der Waals surface area contributed by atoms with Crippen LogP contribution in [0.1, 0.15) is 38.4 Å². The smallest absolute Gasteiger partial charge is 0.191 e. The lowest BCUT2D eigenvalue weighted by molar-refractivity contribution is 0.0205. The molecule has 2 aliphatic rings. The molecule has 26 heavy (non-hydrogen) atoms. The summed E-state index contributed by atoms with van der Waals surface area (Å²) in [7, 11) is 0. The van der Waals surface area contributed by atoms with E-state index in [9.17, 15) is 0 Å². The van der Waals surface area contributed by atoms with Gasteiger partial charge in [0.2, 0.25) is 0 Å². The Morgan fingerprint density at radius 2 is 2.27 bits per heavy atom. The summed E-state index contributed by atoms with van der Waals surface area (Å²) in [5.74, 6) is 2.62. The van der Waals surface area contributed by atoms with E-state index in [1.807, 2.05) is 4.68 Å². The number of nitrogens with zero attached hydrogens (tertiary/aromatic N) is 4. The number of aryl methyl sites for hydroxylation is 1. The molecule has 1 fully saturated rings. The number of guanidine groups is 1. The average molecular weight is 364 g/mol. The van der Waals surface area contributed by atoms with Crippen LogP contribution in [0.4, 0.5) is 0 Å². The van der Waals surface area contributed by atoms with E-state index in [4.69, 9.17) is 9.47 Å². The van der Waals surface area contributed by atoms with Crippen molar-refractivity contribution >= 4 is 5.96 Å². The van der Waals surface area contributed by atoms with Crippen molar-refractivity contribution in [3.63, 3.8) is 0 Å². The van der Waals surface area contributed by atoms with Crippen molar-refractivity contribution in [1.82, 2.24) is 25.4 Å². The Kier molecular flexibility index (Phi) is 7.69. The highest BCUT2D eigenvalue weighted by atomic mass is 16.5. The Hall–Kier alpha value is -1.67. The Morgan fingerprint density at radius 1 is 1.38 bits per heavy atom. The van der Waals surface area contributed by atoms with E-state index in [1.54, 1.807) is 6.33 Å². The van der Waals surface area contributed by atoms with Gasteiger partial charge in [-0.1, -0.05) is 0 Å². The van der Waals surface area contributed by atoms with Crippen LogP contribution in [0.15, 0.2) is 11.3 Å². The highest BCUT2D eigenvalue weighted by molar-refractivity contribution is 5.80. The van der Waals surface area contributed by atoms with E-state index < -0.39 is 0 Å². The predicted octanol–water partition coefficient (Wildman–Crippen LogP) is 0.981. The van der Waals surface area contributed by atoms with Crippen molar-refractivity contribution in [2.45, 2.75) is 51.6 Å². The molecule has 0 radical (unpaired) electrons. The Labute approximate surface area is 155 Å². The van der Waals surface area contributed by atoms with Crippen LogP contribution in [0.25, 0.3) is 0 Å². The van der Waals surface area contributed by atoms with Crippen LogP contribution in [0, 0.1) is 5.92 Å². The van der Waals surface area contributed by atoms with Crippen molar-refractivity contribution in [3.8, 4) is 0 Å². The summed E-state index contributed by atoms with van der Waals surface area (Å²) in [5, 5.41) is 11.1. The van der Waals surface area contributed by atoms with Gasteiger partial charge in [0.05, 0.1) is 6.54 Å². The van der Waals surface area contributed by atoms with Crippen molar-refractivity contribution < 1.29 is 9.47 Å². The van der Waals surface area contributed by atoms with E-state index >= 15 is 0 Å². The fraction of sp³-hybridized carbons (Fsp3) is 0.833. The van der Waals surface area contributed by atoms with Crippen molar-refractivity contribution in [2.24, 2.45) is 10.9 Å². The zero-order valence-electron chi connectivity index (χ0n) is 15.8. The normalized spacial score (nSPS) is 21.4. The molecule has 8 nitrogen and oxygen atoms in total. The number of ether oxygens (including phenoxy) is 2. The monoisotopic (exact) mass is 364 g/mol. The molecule has 0 aliphatic carbocycles. The third-order valence-electron chi connectivity index (χ3n) is 4.90. The lowest BCUT2D eigenvalue weighted by Gasteiger charge is -2.25. The topological polar surface area (TPSA) is 85.6 Å². The van der Waals surface area contributed by atoms with E-state index in [2.05, 4.69) is 32.6 Å². The van der Waals surface area contributed by atoms with Crippen LogP contribution in [0.3, 0.4) is 0 Å². The minimum absolute atomic E-state index is 0.340. The third-order valence-corrected chi connectivity index (χ3v) is 4.90. The fourth-order valence-electron chi connectivity index (χ4n) is 3.39. The number of fused-ring (bicyclic) bond motifs is 1. The molecule has 3 heterocycles. The lowest BCUT2D eigenvalue weighted by atomic mass is 10.0. The number of hydrogen-bond acceptors (Lipinski definition) is 5. The number of aliphatic imine (C=N–C) groups is 1. The summed E-state index contributed by atoms with van der Waals surface area (Å²) in [6.07, 6.45) is 6.84. The van der Waals surface area contributed by atoms with Gasteiger partial charge in [-0.15, -0.1) is 0 Å². The van der Waals surface area contributed by atoms with Crippen LogP contribution >= 0.6 is 0 Å². The molecule has 8 heteroatoms. The molecule has 0 bridgehead atoms. The summed E-state index contributed by atoms with van der Waals surface area (Å²) in [4.78, 5) is 8.96. The maximum atomic E-state index is 5.81. The predicted molar refractivity (Wildman–Crippen MR) is 100 cm³/mol. The number of nitrogens with one attached hydrogen (secondary N) is 2. The van der Waals surface area contributed by atoms with Gasteiger partial charge in [0.1, 0.15) is 12.2 Å². The van der Waals surface area contributed by atoms with Gasteiger partial charge in [0.25, 0.3) is 0 Å². The SMILES string of the molecule is CCNC(=NCCCOCC1CCOCC1)NC1CCc2ncnn2C1. The molecule has 146 valence electrons. The van der Waals surface area contributed by atoms with Gasteiger partial charge < -0.3 is 20.1 Å². The first-order valence-electron chi connectivity index (χ1n) is 9.92. The molecule has 1 aromatic rings. The van der Waals surface area contributed by atoms with Crippen LogP contribution in [-0.4, -0.2) is 66.3 Å². The van der Waals surface area contributed by atoms with Gasteiger partial charge in [0, 0.05) is 52.0 Å². The highest BCUT2D eigenvalue weighted by Gasteiger charge is 2.20. The van der Waals surface area contributed by atoms with Gasteiger partial charge in [-0.3, -0.25) is 4.99 Å². The Morgan fingerprint density at radius 3 is 3.12 bits per heavy atom. The van der Waals surface area contributed by atoms with Crippen molar-refractivity contribution in [1.29, 1.82) is 0 Å². The Bertz CT molecular complexity index is 556. The molecule has 0 aromatic carbocycles. The van der Waals surface area contributed by atoms with Crippen LogP contribution in [0.2, 0.25) is 0 Å². The fourth-order valence-corrected chi connectivity index (χ4v) is 3.39. The zero-order valence-corrected chi connectivity index (χ0v) is 15.8. The molecule has 0 amide bonds. The first-order valence-corrected chi connectivity index (χ1v) is 9.92. The van der Waals surface area contributed by atoms with Crippen molar-refractivity contribution in [2.75, 3.05) is 39.5 Å². The largest absolute Gasteiger partial charge is 0.381 e. The Balaban J connectivity index is 1.34. The molecule has 0 spiro atoms. The van der Waals surface area contributed by atoms with Gasteiger partial charge in [-0.25, -0.2) is 9.67 Å². The summed E-state index contributed by atoms with van der Waals surface area (Å²) >= 11 is 0. The van der Waals surface area contributed by atoms with Crippen molar-refractivity contribution in [3.05, 3.63) is 12.2 Å². The molecular formula is C18H32N6O2. The third kappa shape index (κ3) is 5.95. The first-order chi connectivity index (χ1) is 12.8. The lowest BCUT2D eigenvalue weighted by Crippen LogP contribution is -2.47. The van der Waals surface area contributed by atoms with E-state index in [0.717, 1.165) is 89.9 Å². The van der Waals surface area contributed by atoms with E-state index in [0.29, 0.717) is 12.0 Å². The molecule has 0 saturated carbocycles. The van der Waals surface area contributed by atoms with E-state index in [-0.39, 0.29) is 0 Å². The second-order valence-corrected chi connectivity index (χ2v) is 6.98. The van der Waals surface area contributed by atoms with Gasteiger partial charge in [-0.2, -0.15) is 5.10 Å². The number of aromatic nitrogens is 3. The zero-order chi connectivity index (χ0) is 18.0. The first kappa shape index (κ1) is 19.1. The van der Waals surface area contributed by atoms with Crippen LogP contribution in [-0.2, 0) is 22.4 Å². The molecule has 1 unspecified atom stereocenters. The molecule has 3 rings (SSSR count). The second-order valence-electron chi connectivity index (χ2n) is 6.98. The maximum Gasteiger partial charge on any atom is 0.191 e. The molecule has 1 atom stereocenters. The number of hydrogen-bond donors (Lipinski definition) is 2. The summed E-state index contributed by atoms with van der Waals surface area (Å²) in [6, 6.07) is 0.340. The van der Waals surface area contributed by atoms with Crippen LogP contribution in [0.5, 0.6) is 0 Å². The maximum absolute atomic E-state index is 5.81. The molecule has 1 saturated heterocycles. The molecule has 2 N–H and O–H groups in total. The van der Waals surface area contributed by atoms with Gasteiger partial charge in [0.15, 0.2) is 5.96 Å². The minimum Gasteiger partial charge on any atom is -0.381 e. The molecular weight excluding hydrogens is 332 g/mol. The summed E-state index contributed by atoms with van der Waals surface area (Å²) < 4.78 is 13.2. The molecule has 1 aromatic heterocycles. The number of rotatable bonds is 8. The van der Waals surface area contributed by atoms with Gasteiger partial charge in [-0.05, 0) is 38.5 Å². The molecule has 2 aliphatic heterocycles. The summed E-state index contributed by atoms with van der Waals surface area (Å²) in [5.41, 5.74) is 0. The van der Waals surface area contributed by atoms with Gasteiger partial charge >= 0.3 is 0 Å². The summed E-state index contributed by atoms with van der Waals surface area (Å²) in [6.45, 7) is 7.94. The minimum atomic E-state index is 0.340. The van der Waals surface area contributed by atoms with E-state index in [1.165, 1.54) is 0 Å². The quantitative estimate of drug-likeness (QED) is 0.406.